The number of aromatic nitrogens is 4. The number of pyridine rings is 1. The van der Waals surface area contributed by atoms with Gasteiger partial charge in [0.1, 0.15) is 5.69 Å². The Morgan fingerprint density at radius 2 is 2.20 bits per heavy atom. The third kappa shape index (κ3) is 2.02. The van der Waals surface area contributed by atoms with E-state index in [1.165, 1.54) is 0 Å². The molecular weight excluding hydrogens is 190 g/mol. The molecule has 0 aliphatic carbocycles. The molecule has 2 N–H and O–H groups in total. The van der Waals surface area contributed by atoms with Gasteiger partial charge in [-0.2, -0.15) is 0 Å². The zero-order valence-corrected chi connectivity index (χ0v) is 8.75. The Morgan fingerprint density at radius 1 is 1.40 bits per heavy atom. The van der Waals surface area contributed by atoms with Gasteiger partial charge in [-0.15, -0.1) is 5.10 Å². The van der Waals surface area contributed by atoms with Crippen molar-refractivity contribution in [1.29, 1.82) is 0 Å². The van der Waals surface area contributed by atoms with Gasteiger partial charge < -0.3 is 5.73 Å². The van der Waals surface area contributed by atoms with Crippen LogP contribution in [0.15, 0.2) is 30.7 Å². The van der Waals surface area contributed by atoms with E-state index in [9.17, 15) is 0 Å². The van der Waals surface area contributed by atoms with E-state index in [2.05, 4.69) is 15.3 Å². The average Bonchev–Trinajstić information content (AvgIpc) is 2.67. The van der Waals surface area contributed by atoms with Crippen LogP contribution in [0.1, 0.15) is 19.5 Å². The zero-order chi connectivity index (χ0) is 10.9. The summed E-state index contributed by atoms with van der Waals surface area (Å²) in [6.45, 7) is 3.79. The molecule has 15 heavy (non-hydrogen) atoms. The number of hydrogen-bond acceptors (Lipinski definition) is 4. The van der Waals surface area contributed by atoms with E-state index in [0.717, 1.165) is 11.4 Å². The molecule has 0 unspecified atom stereocenters. The molecule has 0 bridgehead atoms. The van der Waals surface area contributed by atoms with Gasteiger partial charge in [-0.1, -0.05) is 5.21 Å². The first-order valence-corrected chi connectivity index (χ1v) is 4.69. The predicted molar refractivity (Wildman–Crippen MR) is 56.4 cm³/mol. The maximum absolute atomic E-state index is 5.92. The number of rotatable bonds is 2. The largest absolute Gasteiger partial charge is 0.320 e. The molecule has 2 aromatic rings. The minimum atomic E-state index is -0.472. The second-order valence-corrected chi connectivity index (χ2v) is 3.98. The van der Waals surface area contributed by atoms with Gasteiger partial charge in [0, 0.05) is 6.20 Å². The second kappa shape index (κ2) is 3.43. The first-order valence-electron chi connectivity index (χ1n) is 4.69. The smallest absolute Gasteiger partial charge is 0.102 e. The highest BCUT2D eigenvalue weighted by molar-refractivity contribution is 5.26. The molecule has 0 aromatic carbocycles. The minimum absolute atomic E-state index is 0.472. The Balaban J connectivity index is 2.37. The lowest BCUT2D eigenvalue weighted by Gasteiger charge is -2.13. The van der Waals surface area contributed by atoms with E-state index >= 15 is 0 Å². The maximum Gasteiger partial charge on any atom is 0.102 e. The summed E-state index contributed by atoms with van der Waals surface area (Å²) in [6.07, 6.45) is 5.26. The molecule has 0 fully saturated rings. The van der Waals surface area contributed by atoms with Crippen LogP contribution in [0.25, 0.3) is 5.69 Å². The first kappa shape index (κ1) is 9.79. The molecule has 0 radical (unpaired) electrons. The molecule has 0 atom stereocenters. The minimum Gasteiger partial charge on any atom is -0.320 e. The van der Waals surface area contributed by atoms with Crippen molar-refractivity contribution in [2.24, 2.45) is 5.73 Å². The third-order valence-electron chi connectivity index (χ3n) is 2.06. The van der Waals surface area contributed by atoms with Crippen LogP contribution in [0.4, 0.5) is 0 Å². The summed E-state index contributed by atoms with van der Waals surface area (Å²) in [7, 11) is 0. The van der Waals surface area contributed by atoms with Crippen LogP contribution in [0.2, 0.25) is 0 Å². The van der Waals surface area contributed by atoms with E-state index in [4.69, 9.17) is 5.73 Å². The van der Waals surface area contributed by atoms with E-state index in [1.54, 1.807) is 17.1 Å². The normalized spacial score (nSPS) is 11.7. The van der Waals surface area contributed by atoms with E-state index in [1.807, 2.05) is 32.2 Å². The zero-order valence-electron chi connectivity index (χ0n) is 8.75. The fourth-order valence-electron chi connectivity index (χ4n) is 1.17. The van der Waals surface area contributed by atoms with E-state index in [-0.39, 0.29) is 0 Å². The van der Waals surface area contributed by atoms with Crippen LogP contribution in [0.5, 0.6) is 0 Å². The summed E-state index contributed by atoms with van der Waals surface area (Å²) in [5, 5.41) is 8.02. The molecule has 2 aromatic heterocycles. The van der Waals surface area contributed by atoms with Crippen LogP contribution in [0, 0.1) is 0 Å². The van der Waals surface area contributed by atoms with Crippen molar-refractivity contribution >= 4 is 0 Å². The monoisotopic (exact) mass is 203 g/mol. The van der Waals surface area contributed by atoms with Crippen molar-refractivity contribution in [2.75, 3.05) is 0 Å². The Labute approximate surface area is 87.9 Å². The number of nitrogens with two attached hydrogens (primary N) is 1. The molecule has 0 amide bonds. The van der Waals surface area contributed by atoms with Crippen LogP contribution in [-0.4, -0.2) is 20.0 Å². The lowest BCUT2D eigenvalue weighted by molar-refractivity contribution is 0.533. The van der Waals surface area contributed by atoms with Crippen LogP contribution >= 0.6 is 0 Å². The van der Waals surface area contributed by atoms with Gasteiger partial charge in [0.2, 0.25) is 0 Å². The molecule has 0 aliphatic rings. The molecule has 2 rings (SSSR count). The van der Waals surface area contributed by atoms with Gasteiger partial charge in [0.05, 0.1) is 23.6 Å². The Morgan fingerprint density at radius 3 is 2.73 bits per heavy atom. The standard InChI is InChI=1S/C10H13N5/c1-10(2,11)9-7-15(14-13-9)8-4-3-5-12-6-8/h3-7H,11H2,1-2H3. The molecule has 0 spiro atoms. The second-order valence-electron chi connectivity index (χ2n) is 3.98. The lowest BCUT2D eigenvalue weighted by Crippen LogP contribution is -2.29. The summed E-state index contributed by atoms with van der Waals surface area (Å²) in [5.74, 6) is 0. The summed E-state index contributed by atoms with van der Waals surface area (Å²) in [6, 6.07) is 3.76. The quantitative estimate of drug-likeness (QED) is 0.785. The molecule has 5 nitrogen and oxygen atoms in total. The van der Waals surface area contributed by atoms with Crippen molar-refractivity contribution in [3.8, 4) is 5.69 Å². The highest BCUT2D eigenvalue weighted by Crippen LogP contribution is 2.14. The Hall–Kier alpha value is -1.75. The van der Waals surface area contributed by atoms with Gasteiger partial charge in [-0.25, -0.2) is 4.68 Å². The Bertz CT molecular complexity index is 440. The number of hydrogen-bond donors (Lipinski definition) is 1. The first-order chi connectivity index (χ1) is 7.07. The SMILES string of the molecule is CC(C)(N)c1cn(-c2cccnc2)nn1. The molecule has 78 valence electrons. The molecule has 0 aliphatic heterocycles. The van der Waals surface area contributed by atoms with Crippen molar-refractivity contribution in [1.82, 2.24) is 20.0 Å². The van der Waals surface area contributed by atoms with Crippen LogP contribution in [-0.2, 0) is 5.54 Å². The van der Waals surface area contributed by atoms with Gasteiger partial charge >= 0.3 is 0 Å². The predicted octanol–water partition coefficient (Wildman–Crippen LogP) is 0.856. The molecule has 5 heteroatoms. The highest BCUT2D eigenvalue weighted by atomic mass is 15.4. The molecular formula is C10H13N5. The van der Waals surface area contributed by atoms with Crippen molar-refractivity contribution < 1.29 is 0 Å². The molecule has 0 saturated carbocycles. The summed E-state index contributed by atoms with van der Waals surface area (Å²) in [4.78, 5) is 4.01. The third-order valence-corrected chi connectivity index (χ3v) is 2.06. The van der Waals surface area contributed by atoms with E-state index in [0.29, 0.717) is 0 Å². The van der Waals surface area contributed by atoms with Crippen molar-refractivity contribution in [3.05, 3.63) is 36.4 Å². The molecule has 0 saturated heterocycles. The fraction of sp³-hybridized carbons (Fsp3) is 0.300. The molecule has 2 heterocycles. The number of nitrogens with zero attached hydrogens (tertiary/aromatic N) is 4. The van der Waals surface area contributed by atoms with Crippen LogP contribution in [0.3, 0.4) is 0 Å². The van der Waals surface area contributed by atoms with Crippen LogP contribution < -0.4 is 5.73 Å². The van der Waals surface area contributed by atoms with Crippen molar-refractivity contribution in [3.63, 3.8) is 0 Å². The Kier molecular flexibility index (Phi) is 2.24. The summed E-state index contributed by atoms with van der Waals surface area (Å²) in [5.41, 5.74) is 7.08. The van der Waals surface area contributed by atoms with Crippen molar-refractivity contribution in [2.45, 2.75) is 19.4 Å². The van der Waals surface area contributed by atoms with Gasteiger partial charge in [-0.05, 0) is 26.0 Å². The topological polar surface area (TPSA) is 69.6 Å². The van der Waals surface area contributed by atoms with Gasteiger partial charge in [0.25, 0.3) is 0 Å². The fourth-order valence-corrected chi connectivity index (χ4v) is 1.17. The maximum atomic E-state index is 5.92. The average molecular weight is 203 g/mol. The van der Waals surface area contributed by atoms with Gasteiger partial charge in [-0.3, -0.25) is 4.98 Å². The lowest BCUT2D eigenvalue weighted by atomic mass is 10.0. The summed E-state index contributed by atoms with van der Waals surface area (Å²) < 4.78 is 1.66. The van der Waals surface area contributed by atoms with Gasteiger partial charge in [0.15, 0.2) is 0 Å². The highest BCUT2D eigenvalue weighted by Gasteiger charge is 2.18. The summed E-state index contributed by atoms with van der Waals surface area (Å²) >= 11 is 0. The van der Waals surface area contributed by atoms with E-state index < -0.39 is 5.54 Å².